The molecule has 4 N–H and O–H groups in total. The molecule has 0 amide bonds. The minimum absolute atomic E-state index is 0.260. The first-order valence-corrected chi connectivity index (χ1v) is 14.4. The first-order chi connectivity index (χ1) is 10.6. The summed E-state index contributed by atoms with van der Waals surface area (Å²) in [6, 6.07) is 16.4. The molecule has 0 spiro atoms. The van der Waals surface area contributed by atoms with Gasteiger partial charge in [0.05, 0.1) is 0 Å². The average Bonchev–Trinajstić information content (AvgIpc) is 2.40. The van der Waals surface area contributed by atoms with Gasteiger partial charge in [0.25, 0.3) is 0 Å². The van der Waals surface area contributed by atoms with Crippen LogP contribution in [0.5, 0.6) is 0 Å². The minimum Gasteiger partial charge on any atom is -0.455 e. The summed E-state index contributed by atoms with van der Waals surface area (Å²) in [4.78, 5) is 0. The van der Waals surface area contributed by atoms with Crippen molar-refractivity contribution in [3.8, 4) is 0 Å². The lowest BCUT2D eigenvalue weighted by Crippen LogP contribution is -2.47. The van der Waals surface area contributed by atoms with Gasteiger partial charge in [0, 0.05) is 16.9 Å². The Morgan fingerprint density at radius 3 is 1.35 bits per heavy atom. The standard InChI is InChI=1S/C18H28N2OSi2/c1-22(2,3)21-23(4,5)18(14-6-10-16(19)11-7-14)15-8-12-17(20)13-9-15/h6-13,18H,19-20H2,1-5H3. The molecule has 0 saturated heterocycles. The molecular weight excluding hydrogens is 316 g/mol. The van der Waals surface area contributed by atoms with Crippen LogP contribution in [0.25, 0.3) is 0 Å². The Morgan fingerprint density at radius 1 is 0.696 bits per heavy atom. The SMILES string of the molecule is C[Si](C)(C)O[Si](C)(C)C(c1ccc(N)cc1)c1ccc(N)cc1. The van der Waals surface area contributed by atoms with Crippen molar-refractivity contribution in [2.45, 2.75) is 38.3 Å². The van der Waals surface area contributed by atoms with Gasteiger partial charge in [-0.1, -0.05) is 24.3 Å². The van der Waals surface area contributed by atoms with E-state index in [4.69, 9.17) is 15.6 Å². The number of benzene rings is 2. The molecule has 2 aromatic rings. The maximum Gasteiger partial charge on any atom is 0.185 e. The average molecular weight is 345 g/mol. The van der Waals surface area contributed by atoms with Crippen LogP contribution in [-0.2, 0) is 4.12 Å². The lowest BCUT2D eigenvalue weighted by molar-refractivity contribution is 0.537. The predicted octanol–water partition coefficient (Wildman–Crippen LogP) is 4.58. The largest absolute Gasteiger partial charge is 0.455 e. The Hall–Kier alpha value is -1.57. The summed E-state index contributed by atoms with van der Waals surface area (Å²) in [6.45, 7) is 11.4. The van der Waals surface area contributed by atoms with Crippen molar-refractivity contribution in [3.63, 3.8) is 0 Å². The first kappa shape index (κ1) is 17.8. The molecule has 124 valence electrons. The zero-order chi connectivity index (χ0) is 17.3. The van der Waals surface area contributed by atoms with Crippen molar-refractivity contribution in [1.29, 1.82) is 0 Å². The van der Waals surface area contributed by atoms with Crippen molar-refractivity contribution in [2.75, 3.05) is 11.5 Å². The second-order valence-corrected chi connectivity index (χ2v) is 16.4. The lowest BCUT2D eigenvalue weighted by Gasteiger charge is -2.38. The van der Waals surface area contributed by atoms with E-state index in [1.54, 1.807) is 0 Å². The summed E-state index contributed by atoms with van der Waals surface area (Å²) in [7, 11) is -3.64. The summed E-state index contributed by atoms with van der Waals surface area (Å²) in [5, 5.41) is 0. The molecular formula is C18H28N2OSi2. The van der Waals surface area contributed by atoms with E-state index >= 15 is 0 Å². The molecule has 0 unspecified atom stereocenters. The highest BCUT2D eigenvalue weighted by Gasteiger charge is 2.39. The van der Waals surface area contributed by atoms with Crippen LogP contribution in [0.3, 0.4) is 0 Å². The van der Waals surface area contributed by atoms with Crippen LogP contribution in [0.2, 0.25) is 32.7 Å². The van der Waals surface area contributed by atoms with E-state index in [1.165, 1.54) is 11.1 Å². The van der Waals surface area contributed by atoms with Crippen molar-refractivity contribution in [1.82, 2.24) is 0 Å². The second-order valence-electron chi connectivity index (χ2n) is 7.58. The van der Waals surface area contributed by atoms with E-state index in [9.17, 15) is 0 Å². The molecule has 0 radical (unpaired) electrons. The van der Waals surface area contributed by atoms with Crippen molar-refractivity contribution in [3.05, 3.63) is 59.7 Å². The molecule has 2 rings (SSSR count). The molecule has 0 aromatic heterocycles. The van der Waals surface area contributed by atoms with E-state index in [1.807, 2.05) is 24.3 Å². The number of anilines is 2. The predicted molar refractivity (Wildman–Crippen MR) is 105 cm³/mol. The van der Waals surface area contributed by atoms with Gasteiger partial charge in [-0.05, 0) is 68.1 Å². The number of nitrogens with two attached hydrogens (primary N) is 2. The third-order valence-corrected chi connectivity index (χ3v) is 10.4. The van der Waals surface area contributed by atoms with E-state index in [-0.39, 0.29) is 5.54 Å². The van der Waals surface area contributed by atoms with E-state index < -0.39 is 16.6 Å². The summed E-state index contributed by atoms with van der Waals surface area (Å²) >= 11 is 0. The number of hydrogen-bond acceptors (Lipinski definition) is 3. The van der Waals surface area contributed by atoms with Gasteiger partial charge in [0.2, 0.25) is 0 Å². The monoisotopic (exact) mass is 344 g/mol. The molecule has 3 nitrogen and oxygen atoms in total. The summed E-state index contributed by atoms with van der Waals surface area (Å²) < 4.78 is 6.67. The summed E-state index contributed by atoms with van der Waals surface area (Å²) in [6.07, 6.45) is 0. The molecule has 0 bridgehead atoms. The fourth-order valence-electron chi connectivity index (χ4n) is 3.22. The number of rotatable bonds is 5. The highest BCUT2D eigenvalue weighted by atomic mass is 28.4. The third kappa shape index (κ3) is 4.70. The topological polar surface area (TPSA) is 61.3 Å². The van der Waals surface area contributed by atoms with E-state index in [0.717, 1.165) is 11.4 Å². The maximum absolute atomic E-state index is 6.67. The maximum atomic E-state index is 6.67. The lowest BCUT2D eigenvalue weighted by atomic mass is 10.0. The van der Waals surface area contributed by atoms with Crippen LogP contribution in [0.15, 0.2) is 48.5 Å². The van der Waals surface area contributed by atoms with Gasteiger partial charge in [0.1, 0.15) is 0 Å². The highest BCUT2D eigenvalue weighted by Crippen LogP contribution is 2.36. The third-order valence-electron chi connectivity index (χ3n) is 3.80. The fourth-order valence-corrected chi connectivity index (χ4v) is 12.0. The van der Waals surface area contributed by atoms with Crippen molar-refractivity contribution < 1.29 is 4.12 Å². The Labute approximate surface area is 141 Å². The second kappa shape index (κ2) is 6.51. The van der Waals surface area contributed by atoms with Crippen molar-refractivity contribution in [2.24, 2.45) is 0 Å². The number of nitrogen functional groups attached to an aromatic ring is 2. The van der Waals surface area contributed by atoms with Crippen LogP contribution in [0, 0.1) is 0 Å². The van der Waals surface area contributed by atoms with Gasteiger partial charge < -0.3 is 15.6 Å². The molecule has 5 heteroatoms. The van der Waals surface area contributed by atoms with Crippen LogP contribution in [0.4, 0.5) is 11.4 Å². The molecule has 0 aliphatic rings. The van der Waals surface area contributed by atoms with Crippen molar-refractivity contribution >= 4 is 28.0 Å². The zero-order valence-corrected chi connectivity index (χ0v) is 16.8. The van der Waals surface area contributed by atoms with Crippen LogP contribution < -0.4 is 11.5 Å². The molecule has 0 atom stereocenters. The molecule has 0 aliphatic carbocycles. The molecule has 0 heterocycles. The van der Waals surface area contributed by atoms with Gasteiger partial charge in [-0.25, -0.2) is 0 Å². The van der Waals surface area contributed by atoms with Gasteiger partial charge >= 0.3 is 0 Å². The van der Waals surface area contributed by atoms with Gasteiger partial charge in [0.15, 0.2) is 16.6 Å². The van der Waals surface area contributed by atoms with Gasteiger partial charge in [-0.15, -0.1) is 0 Å². The van der Waals surface area contributed by atoms with E-state index in [0.29, 0.717) is 0 Å². The number of hydrogen-bond donors (Lipinski definition) is 2. The minimum atomic E-state index is -2.00. The Balaban J connectivity index is 2.50. The zero-order valence-electron chi connectivity index (χ0n) is 14.8. The van der Waals surface area contributed by atoms with Crippen LogP contribution in [-0.4, -0.2) is 16.6 Å². The van der Waals surface area contributed by atoms with Crippen LogP contribution in [0.1, 0.15) is 16.7 Å². The Morgan fingerprint density at radius 2 is 1.04 bits per heavy atom. The summed E-state index contributed by atoms with van der Waals surface area (Å²) in [5.74, 6) is 0. The summed E-state index contributed by atoms with van der Waals surface area (Å²) in [5.41, 5.74) is 16.1. The highest BCUT2D eigenvalue weighted by molar-refractivity contribution is 6.85. The molecule has 23 heavy (non-hydrogen) atoms. The van der Waals surface area contributed by atoms with Gasteiger partial charge in [-0.2, -0.15) is 0 Å². The fraction of sp³-hybridized carbons (Fsp3) is 0.333. The van der Waals surface area contributed by atoms with E-state index in [2.05, 4.69) is 57.0 Å². The smallest absolute Gasteiger partial charge is 0.185 e. The molecule has 2 aromatic carbocycles. The molecule has 0 fully saturated rings. The first-order valence-electron chi connectivity index (χ1n) is 7.99. The molecule has 0 saturated carbocycles. The molecule has 0 aliphatic heterocycles. The normalized spacial score (nSPS) is 12.6. The van der Waals surface area contributed by atoms with Gasteiger partial charge in [-0.3, -0.25) is 0 Å². The van der Waals surface area contributed by atoms with Crippen LogP contribution >= 0.6 is 0 Å². The Kier molecular flexibility index (Phi) is 5.03. The quantitative estimate of drug-likeness (QED) is 0.616. The Bertz CT molecular complexity index is 601.